The SMILES string of the molecule is O=C(c1ccc(-c2ccccc2)cc1)N1CCC(C(=O)N2CCN(c3ccccc3F)CC2)CC1. The van der Waals surface area contributed by atoms with Crippen molar-refractivity contribution in [1.82, 2.24) is 9.80 Å². The van der Waals surface area contributed by atoms with Gasteiger partial charge in [0, 0.05) is 50.7 Å². The fourth-order valence-electron chi connectivity index (χ4n) is 5.08. The van der Waals surface area contributed by atoms with Crippen molar-refractivity contribution >= 4 is 17.5 Å². The minimum Gasteiger partial charge on any atom is -0.366 e. The highest BCUT2D eigenvalue weighted by Gasteiger charge is 2.32. The topological polar surface area (TPSA) is 43.9 Å². The fraction of sp³-hybridized carbons (Fsp3) is 0.310. The number of amides is 2. The van der Waals surface area contributed by atoms with Crippen molar-refractivity contribution in [2.75, 3.05) is 44.2 Å². The van der Waals surface area contributed by atoms with Gasteiger partial charge in [0.05, 0.1) is 5.69 Å². The van der Waals surface area contributed by atoms with Crippen LogP contribution >= 0.6 is 0 Å². The van der Waals surface area contributed by atoms with Crippen molar-refractivity contribution in [2.45, 2.75) is 12.8 Å². The van der Waals surface area contributed by atoms with E-state index in [-0.39, 0.29) is 23.5 Å². The number of piperazine rings is 1. The third kappa shape index (κ3) is 5.06. The molecule has 3 aromatic carbocycles. The summed E-state index contributed by atoms with van der Waals surface area (Å²) in [6.07, 6.45) is 1.36. The van der Waals surface area contributed by atoms with Crippen LogP contribution in [0.2, 0.25) is 0 Å². The van der Waals surface area contributed by atoms with Crippen molar-refractivity contribution < 1.29 is 14.0 Å². The van der Waals surface area contributed by atoms with Crippen molar-refractivity contribution in [3.8, 4) is 11.1 Å². The van der Waals surface area contributed by atoms with Gasteiger partial charge in [0.25, 0.3) is 5.91 Å². The molecule has 6 heteroatoms. The lowest BCUT2D eigenvalue weighted by molar-refractivity contribution is -0.137. The summed E-state index contributed by atoms with van der Waals surface area (Å²) >= 11 is 0. The van der Waals surface area contributed by atoms with Crippen LogP contribution in [0.5, 0.6) is 0 Å². The van der Waals surface area contributed by atoms with E-state index in [1.165, 1.54) is 6.07 Å². The van der Waals surface area contributed by atoms with Crippen LogP contribution in [0.3, 0.4) is 0 Å². The molecule has 0 aromatic heterocycles. The molecular formula is C29H30FN3O2. The first kappa shape index (κ1) is 23.1. The molecule has 2 amide bonds. The normalized spacial score (nSPS) is 16.9. The van der Waals surface area contributed by atoms with E-state index in [1.807, 2.05) is 63.2 Å². The van der Waals surface area contributed by atoms with Crippen LogP contribution in [0.15, 0.2) is 78.9 Å². The Morgan fingerprint density at radius 1 is 0.657 bits per heavy atom. The molecule has 0 unspecified atom stereocenters. The number of piperidine rings is 1. The summed E-state index contributed by atoms with van der Waals surface area (Å²) in [5.74, 6) is -0.0925. The maximum absolute atomic E-state index is 14.1. The van der Waals surface area contributed by atoms with Crippen LogP contribution in [-0.4, -0.2) is 60.9 Å². The van der Waals surface area contributed by atoms with E-state index in [4.69, 9.17) is 0 Å². The Bertz CT molecular complexity index is 1170. The molecule has 0 saturated carbocycles. The number of hydrogen-bond acceptors (Lipinski definition) is 3. The molecule has 2 heterocycles. The smallest absolute Gasteiger partial charge is 0.253 e. The van der Waals surface area contributed by atoms with E-state index in [0.717, 1.165) is 11.1 Å². The van der Waals surface area contributed by atoms with Gasteiger partial charge in [-0.25, -0.2) is 4.39 Å². The number of carbonyl (C=O) groups excluding carboxylic acids is 2. The quantitative estimate of drug-likeness (QED) is 0.554. The molecule has 180 valence electrons. The standard InChI is InChI=1S/C29H30FN3O2/c30-26-8-4-5-9-27(26)31-18-20-33(21-19-31)29(35)25-14-16-32(17-15-25)28(34)24-12-10-23(11-13-24)22-6-2-1-3-7-22/h1-13,25H,14-21H2. The molecule has 2 saturated heterocycles. The number of halogens is 1. The lowest BCUT2D eigenvalue weighted by atomic mass is 9.94. The predicted octanol–water partition coefficient (Wildman–Crippen LogP) is 4.69. The van der Waals surface area contributed by atoms with Crippen molar-refractivity contribution in [3.05, 3.63) is 90.2 Å². The maximum Gasteiger partial charge on any atom is 0.253 e. The van der Waals surface area contributed by atoms with Gasteiger partial charge in [-0.1, -0.05) is 54.6 Å². The fourth-order valence-corrected chi connectivity index (χ4v) is 5.08. The van der Waals surface area contributed by atoms with E-state index >= 15 is 0 Å². The second-order valence-corrected chi connectivity index (χ2v) is 9.27. The van der Waals surface area contributed by atoms with Crippen molar-refractivity contribution in [2.24, 2.45) is 5.92 Å². The van der Waals surface area contributed by atoms with Gasteiger partial charge in [-0.3, -0.25) is 9.59 Å². The molecule has 3 aromatic rings. The summed E-state index contributed by atoms with van der Waals surface area (Å²) in [6, 6.07) is 24.6. The predicted molar refractivity (Wildman–Crippen MR) is 136 cm³/mol. The third-order valence-corrected chi connectivity index (χ3v) is 7.15. The van der Waals surface area contributed by atoms with E-state index in [9.17, 15) is 14.0 Å². The number of nitrogens with zero attached hydrogens (tertiary/aromatic N) is 3. The molecule has 2 aliphatic heterocycles. The van der Waals surface area contributed by atoms with Gasteiger partial charge >= 0.3 is 0 Å². The molecule has 0 bridgehead atoms. The maximum atomic E-state index is 14.1. The third-order valence-electron chi connectivity index (χ3n) is 7.15. The first-order chi connectivity index (χ1) is 17.1. The minimum absolute atomic E-state index is 0.0222. The molecule has 2 fully saturated rings. The lowest BCUT2D eigenvalue weighted by Gasteiger charge is -2.39. The zero-order valence-electron chi connectivity index (χ0n) is 19.8. The van der Waals surface area contributed by atoms with Gasteiger partial charge < -0.3 is 14.7 Å². The minimum atomic E-state index is -0.223. The van der Waals surface area contributed by atoms with Crippen molar-refractivity contribution in [1.29, 1.82) is 0 Å². The molecule has 35 heavy (non-hydrogen) atoms. The summed E-state index contributed by atoms with van der Waals surface area (Å²) < 4.78 is 14.1. The first-order valence-corrected chi connectivity index (χ1v) is 12.3. The summed E-state index contributed by atoms with van der Waals surface area (Å²) in [6.45, 7) is 3.63. The van der Waals surface area contributed by atoms with E-state index in [1.54, 1.807) is 12.1 Å². The van der Waals surface area contributed by atoms with Crippen LogP contribution in [-0.2, 0) is 4.79 Å². The molecule has 0 radical (unpaired) electrons. The lowest BCUT2D eigenvalue weighted by Crippen LogP contribution is -2.52. The Hall–Kier alpha value is -3.67. The molecule has 0 atom stereocenters. The number of hydrogen-bond donors (Lipinski definition) is 0. The number of anilines is 1. The van der Waals surface area contributed by atoms with Crippen LogP contribution in [0, 0.1) is 11.7 Å². The van der Waals surface area contributed by atoms with Gasteiger partial charge in [-0.05, 0) is 48.2 Å². The summed E-state index contributed by atoms with van der Waals surface area (Å²) in [5, 5.41) is 0. The largest absolute Gasteiger partial charge is 0.366 e. The number of likely N-dealkylation sites (tertiary alicyclic amines) is 1. The van der Waals surface area contributed by atoms with Crippen LogP contribution < -0.4 is 4.90 Å². The van der Waals surface area contributed by atoms with E-state index in [0.29, 0.717) is 63.4 Å². The number of para-hydroxylation sites is 1. The molecular weight excluding hydrogens is 441 g/mol. The molecule has 5 rings (SSSR count). The highest BCUT2D eigenvalue weighted by atomic mass is 19.1. The van der Waals surface area contributed by atoms with Crippen LogP contribution in [0.1, 0.15) is 23.2 Å². The average Bonchev–Trinajstić information content (AvgIpc) is 2.93. The van der Waals surface area contributed by atoms with Gasteiger partial charge in [-0.15, -0.1) is 0 Å². The summed E-state index contributed by atoms with van der Waals surface area (Å²) in [7, 11) is 0. The first-order valence-electron chi connectivity index (χ1n) is 12.3. The van der Waals surface area contributed by atoms with E-state index < -0.39 is 0 Å². The Morgan fingerprint density at radius 2 is 1.26 bits per heavy atom. The second-order valence-electron chi connectivity index (χ2n) is 9.27. The Balaban J connectivity index is 1.12. The molecule has 0 spiro atoms. The Labute approximate surface area is 205 Å². The Kier molecular flexibility index (Phi) is 6.80. The summed E-state index contributed by atoms with van der Waals surface area (Å²) in [5.41, 5.74) is 3.49. The highest BCUT2D eigenvalue weighted by Crippen LogP contribution is 2.25. The zero-order chi connectivity index (χ0) is 24.2. The molecule has 5 nitrogen and oxygen atoms in total. The molecule has 0 N–H and O–H groups in total. The van der Waals surface area contributed by atoms with Crippen LogP contribution in [0.25, 0.3) is 11.1 Å². The van der Waals surface area contributed by atoms with Gasteiger partial charge in [0.1, 0.15) is 5.82 Å². The number of rotatable bonds is 4. The van der Waals surface area contributed by atoms with E-state index in [2.05, 4.69) is 12.1 Å². The average molecular weight is 472 g/mol. The van der Waals surface area contributed by atoms with Crippen molar-refractivity contribution in [3.63, 3.8) is 0 Å². The molecule has 2 aliphatic rings. The van der Waals surface area contributed by atoms with Gasteiger partial charge in [-0.2, -0.15) is 0 Å². The summed E-state index contributed by atoms with van der Waals surface area (Å²) in [4.78, 5) is 31.9. The zero-order valence-corrected chi connectivity index (χ0v) is 19.8. The number of benzene rings is 3. The Morgan fingerprint density at radius 3 is 1.91 bits per heavy atom. The van der Waals surface area contributed by atoms with Crippen LogP contribution in [0.4, 0.5) is 10.1 Å². The number of carbonyl (C=O) groups is 2. The second kappa shape index (κ2) is 10.3. The molecule has 0 aliphatic carbocycles. The monoisotopic (exact) mass is 471 g/mol. The van der Waals surface area contributed by atoms with Gasteiger partial charge in [0.15, 0.2) is 0 Å². The highest BCUT2D eigenvalue weighted by molar-refractivity contribution is 5.95. The van der Waals surface area contributed by atoms with Gasteiger partial charge in [0.2, 0.25) is 5.91 Å².